The van der Waals surface area contributed by atoms with Gasteiger partial charge in [0.2, 0.25) is 0 Å². The molecule has 0 radical (unpaired) electrons. The summed E-state index contributed by atoms with van der Waals surface area (Å²) >= 11 is 0. The van der Waals surface area contributed by atoms with Gasteiger partial charge in [-0.1, -0.05) is 0 Å². The molecule has 0 heterocycles. The van der Waals surface area contributed by atoms with E-state index >= 15 is 0 Å². The van der Waals surface area contributed by atoms with Crippen molar-refractivity contribution in [3.63, 3.8) is 0 Å². The van der Waals surface area contributed by atoms with Gasteiger partial charge in [-0.25, -0.2) is 4.79 Å². The quantitative estimate of drug-likeness (QED) is 0.778. The Hall–Kier alpha value is -1.75. The summed E-state index contributed by atoms with van der Waals surface area (Å²) in [6, 6.07) is 3.27. The third kappa shape index (κ3) is 3.13. The molecule has 5 heteroatoms. The van der Waals surface area contributed by atoms with Crippen LogP contribution in [-0.2, 0) is 11.2 Å². The van der Waals surface area contributed by atoms with Crippen LogP contribution in [0.1, 0.15) is 22.3 Å². The average molecular weight is 254 g/mol. The van der Waals surface area contributed by atoms with Gasteiger partial charge < -0.3 is 19.3 Å². The number of hydrogen-bond acceptors (Lipinski definition) is 5. The maximum absolute atomic E-state index is 11.5. The first kappa shape index (κ1) is 14.3. The van der Waals surface area contributed by atoms with Crippen molar-refractivity contribution in [3.05, 3.63) is 23.3 Å². The van der Waals surface area contributed by atoms with Crippen LogP contribution in [0.3, 0.4) is 0 Å². The van der Waals surface area contributed by atoms with Crippen LogP contribution in [0.4, 0.5) is 0 Å². The fourth-order valence-corrected chi connectivity index (χ4v) is 1.73. The minimum atomic E-state index is -0.429. The molecule has 1 aromatic rings. The standard InChI is InChI=1S/C13H18O5/c1-16-11-8-10(13(15)18-3)7-9(5-4-6-14)12(11)17-2/h7-8,14H,4-6H2,1-3H3. The minimum Gasteiger partial charge on any atom is -0.493 e. The number of aryl methyl sites for hydroxylation is 1. The van der Waals surface area contributed by atoms with E-state index in [-0.39, 0.29) is 6.61 Å². The predicted molar refractivity (Wildman–Crippen MR) is 66.3 cm³/mol. The topological polar surface area (TPSA) is 65.0 Å². The molecular weight excluding hydrogens is 236 g/mol. The van der Waals surface area contributed by atoms with Crippen LogP contribution in [0.2, 0.25) is 0 Å². The van der Waals surface area contributed by atoms with Crippen LogP contribution in [-0.4, -0.2) is 39.0 Å². The van der Waals surface area contributed by atoms with Gasteiger partial charge in [-0.2, -0.15) is 0 Å². The lowest BCUT2D eigenvalue weighted by atomic mass is 10.0. The van der Waals surface area contributed by atoms with Gasteiger partial charge in [0.1, 0.15) is 0 Å². The van der Waals surface area contributed by atoms with E-state index in [9.17, 15) is 4.79 Å². The summed E-state index contributed by atoms with van der Waals surface area (Å²) in [5.74, 6) is 0.633. The first-order valence-electron chi connectivity index (χ1n) is 5.62. The van der Waals surface area contributed by atoms with Crippen molar-refractivity contribution >= 4 is 5.97 Å². The molecule has 18 heavy (non-hydrogen) atoms. The second kappa shape index (κ2) is 6.86. The largest absolute Gasteiger partial charge is 0.493 e. The number of benzene rings is 1. The van der Waals surface area contributed by atoms with Crippen molar-refractivity contribution in [1.82, 2.24) is 0 Å². The normalized spacial score (nSPS) is 10.0. The molecule has 0 saturated heterocycles. The van der Waals surface area contributed by atoms with Gasteiger partial charge in [-0.05, 0) is 30.5 Å². The lowest BCUT2D eigenvalue weighted by Crippen LogP contribution is -2.05. The highest BCUT2D eigenvalue weighted by Gasteiger charge is 2.16. The Kier molecular flexibility index (Phi) is 5.45. The molecule has 0 spiro atoms. The molecule has 1 N–H and O–H groups in total. The molecule has 0 atom stereocenters. The Bertz CT molecular complexity index is 414. The van der Waals surface area contributed by atoms with Crippen LogP contribution in [0, 0.1) is 0 Å². The number of aliphatic hydroxyl groups is 1. The zero-order chi connectivity index (χ0) is 13.5. The molecule has 5 nitrogen and oxygen atoms in total. The number of rotatable bonds is 6. The summed E-state index contributed by atoms with van der Waals surface area (Å²) in [7, 11) is 4.37. The van der Waals surface area contributed by atoms with E-state index in [1.54, 1.807) is 12.1 Å². The molecule has 0 amide bonds. The molecule has 100 valence electrons. The van der Waals surface area contributed by atoms with E-state index in [2.05, 4.69) is 4.74 Å². The lowest BCUT2D eigenvalue weighted by Gasteiger charge is -2.14. The average Bonchev–Trinajstić information content (AvgIpc) is 2.42. The second-order valence-electron chi connectivity index (χ2n) is 3.69. The summed E-state index contributed by atoms with van der Waals surface area (Å²) in [6.45, 7) is 0.0773. The van der Waals surface area contributed by atoms with Gasteiger partial charge >= 0.3 is 5.97 Å². The first-order valence-corrected chi connectivity index (χ1v) is 5.62. The highest BCUT2D eigenvalue weighted by atomic mass is 16.5. The number of hydrogen-bond donors (Lipinski definition) is 1. The lowest BCUT2D eigenvalue weighted by molar-refractivity contribution is 0.0600. The van der Waals surface area contributed by atoms with Crippen molar-refractivity contribution in [2.45, 2.75) is 12.8 Å². The van der Waals surface area contributed by atoms with Crippen LogP contribution in [0.15, 0.2) is 12.1 Å². The van der Waals surface area contributed by atoms with Crippen molar-refractivity contribution < 1.29 is 24.1 Å². The Balaban J connectivity index is 3.21. The summed E-state index contributed by atoms with van der Waals surface area (Å²) in [5.41, 5.74) is 1.22. The number of carbonyl (C=O) groups excluding carboxylic acids is 1. The Morgan fingerprint density at radius 3 is 2.44 bits per heavy atom. The SMILES string of the molecule is COC(=O)c1cc(CCCO)c(OC)c(OC)c1. The molecule has 0 saturated carbocycles. The molecule has 0 aromatic heterocycles. The molecule has 0 bridgehead atoms. The molecule has 0 aliphatic rings. The fraction of sp³-hybridized carbons (Fsp3) is 0.462. The third-order valence-electron chi connectivity index (χ3n) is 2.58. The van der Waals surface area contributed by atoms with Crippen molar-refractivity contribution in [2.24, 2.45) is 0 Å². The van der Waals surface area contributed by atoms with Gasteiger partial charge in [0.15, 0.2) is 11.5 Å². The van der Waals surface area contributed by atoms with Gasteiger partial charge in [-0.15, -0.1) is 0 Å². The molecule has 0 fully saturated rings. The number of methoxy groups -OCH3 is 3. The Morgan fingerprint density at radius 1 is 1.22 bits per heavy atom. The number of aliphatic hydroxyl groups excluding tert-OH is 1. The van der Waals surface area contributed by atoms with Crippen molar-refractivity contribution in [3.8, 4) is 11.5 Å². The highest BCUT2D eigenvalue weighted by Crippen LogP contribution is 2.33. The van der Waals surface area contributed by atoms with Crippen LogP contribution in [0.5, 0.6) is 11.5 Å². The maximum atomic E-state index is 11.5. The minimum absolute atomic E-state index is 0.0773. The second-order valence-corrected chi connectivity index (χ2v) is 3.69. The smallest absolute Gasteiger partial charge is 0.337 e. The van der Waals surface area contributed by atoms with Crippen LogP contribution >= 0.6 is 0 Å². The highest BCUT2D eigenvalue weighted by molar-refractivity contribution is 5.90. The van der Waals surface area contributed by atoms with Crippen molar-refractivity contribution in [1.29, 1.82) is 0 Å². The van der Waals surface area contributed by atoms with Crippen molar-refractivity contribution in [2.75, 3.05) is 27.9 Å². The molecule has 0 aliphatic carbocycles. The summed E-state index contributed by atoms with van der Waals surface area (Å²) in [5, 5.41) is 8.88. The van der Waals surface area contributed by atoms with E-state index in [0.717, 1.165) is 5.56 Å². The zero-order valence-electron chi connectivity index (χ0n) is 10.9. The van der Waals surface area contributed by atoms with Gasteiger partial charge in [0, 0.05) is 6.61 Å². The van der Waals surface area contributed by atoms with Gasteiger partial charge in [0.05, 0.1) is 26.9 Å². The van der Waals surface area contributed by atoms with E-state index in [1.807, 2.05) is 0 Å². The van der Waals surface area contributed by atoms with E-state index in [4.69, 9.17) is 14.6 Å². The summed E-state index contributed by atoms with van der Waals surface area (Å²) in [6.07, 6.45) is 1.19. The predicted octanol–water partition coefficient (Wildman–Crippen LogP) is 1.42. The fourth-order valence-electron chi connectivity index (χ4n) is 1.73. The Morgan fingerprint density at radius 2 is 1.94 bits per heavy atom. The molecule has 0 aliphatic heterocycles. The number of esters is 1. The first-order chi connectivity index (χ1) is 8.67. The van der Waals surface area contributed by atoms with E-state index < -0.39 is 5.97 Å². The van der Waals surface area contributed by atoms with Gasteiger partial charge in [-0.3, -0.25) is 0 Å². The van der Waals surface area contributed by atoms with Crippen LogP contribution in [0.25, 0.3) is 0 Å². The zero-order valence-corrected chi connectivity index (χ0v) is 10.9. The van der Waals surface area contributed by atoms with Crippen LogP contribution < -0.4 is 9.47 Å². The summed E-state index contributed by atoms with van der Waals surface area (Å²) < 4.78 is 15.2. The molecule has 1 aromatic carbocycles. The van der Waals surface area contributed by atoms with E-state index in [1.165, 1.54) is 21.3 Å². The van der Waals surface area contributed by atoms with E-state index in [0.29, 0.717) is 29.9 Å². The maximum Gasteiger partial charge on any atom is 0.337 e. The number of carbonyl (C=O) groups is 1. The van der Waals surface area contributed by atoms with Gasteiger partial charge in [0.25, 0.3) is 0 Å². The Labute approximate surface area is 106 Å². The summed E-state index contributed by atoms with van der Waals surface area (Å²) in [4.78, 5) is 11.5. The molecule has 1 rings (SSSR count). The monoisotopic (exact) mass is 254 g/mol. The molecular formula is C13H18O5. The third-order valence-corrected chi connectivity index (χ3v) is 2.58. The number of ether oxygens (including phenoxy) is 3. The molecule has 0 unspecified atom stereocenters.